The van der Waals surface area contributed by atoms with Crippen LogP contribution in [0.1, 0.15) is 0 Å². The first-order valence-corrected chi connectivity index (χ1v) is 6.61. The van der Waals surface area contributed by atoms with E-state index in [1.165, 1.54) is 4.68 Å². The summed E-state index contributed by atoms with van der Waals surface area (Å²) in [5.74, 6) is 0.502. The van der Waals surface area contributed by atoms with Crippen LogP contribution in [0.5, 0.6) is 0 Å². The molecule has 3 aromatic rings. The fourth-order valence-electron chi connectivity index (χ4n) is 1.84. The van der Waals surface area contributed by atoms with Crippen LogP contribution in [-0.4, -0.2) is 14.8 Å². The fraction of sp³-hybridized carbons (Fsp3) is 0. The zero-order valence-corrected chi connectivity index (χ0v) is 11.7. The summed E-state index contributed by atoms with van der Waals surface area (Å²) in [6, 6.07) is 14.3. The standard InChI is InChI=1S/C14H9Cl2N3O/c15-11-7-6-10(8-12(11)16)19-14(20)17-13(18-19)9-4-2-1-3-5-9/h1-8H,(H,17,18,20). The normalized spacial score (nSPS) is 10.7. The summed E-state index contributed by atoms with van der Waals surface area (Å²) in [6.45, 7) is 0. The minimum atomic E-state index is -0.331. The molecule has 0 fully saturated rings. The summed E-state index contributed by atoms with van der Waals surface area (Å²) < 4.78 is 1.25. The maximum absolute atomic E-state index is 12.0. The SMILES string of the molecule is O=c1[nH]c(-c2ccccc2)nn1-c1ccc(Cl)c(Cl)c1. The Morgan fingerprint density at radius 1 is 1.00 bits per heavy atom. The second-order valence-corrected chi connectivity index (χ2v) is 4.97. The number of benzene rings is 2. The minimum absolute atomic E-state index is 0.331. The van der Waals surface area contributed by atoms with Gasteiger partial charge in [0.1, 0.15) is 0 Å². The number of halogens is 2. The maximum atomic E-state index is 12.0. The lowest BCUT2D eigenvalue weighted by Crippen LogP contribution is -2.15. The van der Waals surface area contributed by atoms with E-state index in [0.717, 1.165) is 5.56 Å². The lowest BCUT2D eigenvalue weighted by molar-refractivity contribution is 0.845. The Kier molecular flexibility index (Phi) is 3.34. The predicted octanol–water partition coefficient (Wildman–Crippen LogP) is 3.53. The Labute approximate surface area is 124 Å². The van der Waals surface area contributed by atoms with Crippen molar-refractivity contribution >= 4 is 23.2 Å². The van der Waals surface area contributed by atoms with Gasteiger partial charge in [-0.05, 0) is 18.2 Å². The summed E-state index contributed by atoms with van der Waals surface area (Å²) >= 11 is 11.8. The van der Waals surface area contributed by atoms with Crippen LogP contribution < -0.4 is 5.69 Å². The molecule has 2 aromatic carbocycles. The van der Waals surface area contributed by atoms with Crippen LogP contribution in [0.25, 0.3) is 17.1 Å². The smallest absolute Gasteiger partial charge is 0.288 e. The van der Waals surface area contributed by atoms with Crippen molar-refractivity contribution in [2.24, 2.45) is 0 Å². The van der Waals surface area contributed by atoms with Crippen molar-refractivity contribution in [3.8, 4) is 17.1 Å². The van der Waals surface area contributed by atoms with Gasteiger partial charge in [0.15, 0.2) is 5.82 Å². The average molecular weight is 306 g/mol. The van der Waals surface area contributed by atoms with E-state index in [4.69, 9.17) is 23.2 Å². The molecule has 0 spiro atoms. The van der Waals surface area contributed by atoms with Gasteiger partial charge < -0.3 is 0 Å². The molecule has 0 aliphatic carbocycles. The van der Waals surface area contributed by atoms with Crippen LogP contribution >= 0.6 is 23.2 Å². The third-order valence-corrected chi connectivity index (χ3v) is 3.55. The molecule has 0 unspecified atom stereocenters. The molecule has 0 saturated carbocycles. The number of aromatic nitrogens is 3. The number of aromatic amines is 1. The molecule has 1 aromatic heterocycles. The van der Waals surface area contributed by atoms with Crippen LogP contribution in [-0.2, 0) is 0 Å². The van der Waals surface area contributed by atoms with Gasteiger partial charge in [-0.25, -0.2) is 4.79 Å². The number of rotatable bonds is 2. The van der Waals surface area contributed by atoms with E-state index < -0.39 is 0 Å². The lowest BCUT2D eigenvalue weighted by Gasteiger charge is -2.01. The molecule has 4 nitrogen and oxygen atoms in total. The fourth-order valence-corrected chi connectivity index (χ4v) is 2.13. The van der Waals surface area contributed by atoms with Gasteiger partial charge in [0, 0.05) is 5.56 Å². The molecule has 100 valence electrons. The van der Waals surface area contributed by atoms with Crippen molar-refractivity contribution in [2.75, 3.05) is 0 Å². The van der Waals surface area contributed by atoms with E-state index in [2.05, 4.69) is 10.1 Å². The van der Waals surface area contributed by atoms with Gasteiger partial charge in [-0.3, -0.25) is 4.98 Å². The molecule has 6 heteroatoms. The van der Waals surface area contributed by atoms with E-state index in [1.807, 2.05) is 30.3 Å². The Balaban J connectivity index is 2.10. The highest BCUT2D eigenvalue weighted by molar-refractivity contribution is 6.42. The Morgan fingerprint density at radius 3 is 2.45 bits per heavy atom. The predicted molar refractivity (Wildman–Crippen MR) is 79.6 cm³/mol. The number of H-pyrrole nitrogens is 1. The summed E-state index contributed by atoms with van der Waals surface area (Å²) in [7, 11) is 0. The van der Waals surface area contributed by atoms with Crippen LogP contribution in [0.3, 0.4) is 0 Å². The average Bonchev–Trinajstić information content (AvgIpc) is 2.85. The zero-order valence-electron chi connectivity index (χ0n) is 10.2. The van der Waals surface area contributed by atoms with Crippen molar-refractivity contribution < 1.29 is 0 Å². The van der Waals surface area contributed by atoms with Crippen molar-refractivity contribution in [3.05, 3.63) is 69.1 Å². The van der Waals surface area contributed by atoms with Gasteiger partial charge in [0.25, 0.3) is 0 Å². The van der Waals surface area contributed by atoms with Gasteiger partial charge >= 0.3 is 5.69 Å². The molecule has 0 aliphatic heterocycles. The number of nitrogens with zero attached hydrogens (tertiary/aromatic N) is 2. The topological polar surface area (TPSA) is 50.7 Å². The van der Waals surface area contributed by atoms with Gasteiger partial charge in [-0.2, -0.15) is 4.68 Å². The van der Waals surface area contributed by atoms with Gasteiger partial charge in [-0.15, -0.1) is 5.10 Å². The molecule has 1 heterocycles. The van der Waals surface area contributed by atoms with E-state index >= 15 is 0 Å². The second kappa shape index (κ2) is 5.15. The lowest BCUT2D eigenvalue weighted by atomic mass is 10.2. The molecule has 3 rings (SSSR count). The molecule has 1 N–H and O–H groups in total. The number of hydrogen-bond donors (Lipinski definition) is 1. The second-order valence-electron chi connectivity index (χ2n) is 4.15. The van der Waals surface area contributed by atoms with Crippen LogP contribution in [0, 0.1) is 0 Å². The maximum Gasteiger partial charge on any atom is 0.348 e. The molecule has 0 atom stereocenters. The highest BCUT2D eigenvalue weighted by atomic mass is 35.5. The first kappa shape index (κ1) is 13.0. The summed E-state index contributed by atoms with van der Waals surface area (Å²) in [6.07, 6.45) is 0. The molecule has 0 amide bonds. The van der Waals surface area contributed by atoms with Crippen molar-refractivity contribution in [1.82, 2.24) is 14.8 Å². The molecule has 0 bridgehead atoms. The van der Waals surface area contributed by atoms with Crippen LogP contribution in [0.15, 0.2) is 53.3 Å². The highest BCUT2D eigenvalue weighted by Gasteiger charge is 2.10. The monoisotopic (exact) mass is 305 g/mol. The third kappa shape index (κ3) is 2.35. The van der Waals surface area contributed by atoms with Crippen molar-refractivity contribution in [3.63, 3.8) is 0 Å². The number of nitrogens with one attached hydrogen (secondary N) is 1. The number of hydrogen-bond acceptors (Lipinski definition) is 2. The highest BCUT2D eigenvalue weighted by Crippen LogP contribution is 2.24. The van der Waals surface area contributed by atoms with Gasteiger partial charge in [-0.1, -0.05) is 53.5 Å². The molecule has 0 saturated heterocycles. The molecular formula is C14H9Cl2N3O. The van der Waals surface area contributed by atoms with E-state index in [-0.39, 0.29) is 5.69 Å². The van der Waals surface area contributed by atoms with Crippen molar-refractivity contribution in [2.45, 2.75) is 0 Å². The van der Waals surface area contributed by atoms with Gasteiger partial charge in [0.05, 0.1) is 15.7 Å². The van der Waals surface area contributed by atoms with E-state index in [0.29, 0.717) is 21.6 Å². The molecule has 0 aliphatic rings. The van der Waals surface area contributed by atoms with E-state index in [1.54, 1.807) is 18.2 Å². The minimum Gasteiger partial charge on any atom is -0.288 e. The Bertz CT molecular complexity index is 809. The first-order chi connectivity index (χ1) is 9.65. The quantitative estimate of drug-likeness (QED) is 0.787. The summed E-state index contributed by atoms with van der Waals surface area (Å²) in [5.41, 5.74) is 1.06. The Morgan fingerprint density at radius 2 is 1.75 bits per heavy atom. The zero-order chi connectivity index (χ0) is 14.1. The van der Waals surface area contributed by atoms with Crippen LogP contribution in [0.2, 0.25) is 10.0 Å². The summed E-state index contributed by atoms with van der Waals surface area (Å²) in [4.78, 5) is 14.7. The third-order valence-electron chi connectivity index (χ3n) is 2.81. The summed E-state index contributed by atoms with van der Waals surface area (Å²) in [5, 5.41) is 5.08. The Hall–Kier alpha value is -2.04. The van der Waals surface area contributed by atoms with Gasteiger partial charge in [0.2, 0.25) is 0 Å². The van der Waals surface area contributed by atoms with E-state index in [9.17, 15) is 4.79 Å². The molecule has 0 radical (unpaired) electrons. The first-order valence-electron chi connectivity index (χ1n) is 5.85. The van der Waals surface area contributed by atoms with Crippen LogP contribution in [0.4, 0.5) is 0 Å². The molecule has 20 heavy (non-hydrogen) atoms. The largest absolute Gasteiger partial charge is 0.348 e. The van der Waals surface area contributed by atoms with Crippen molar-refractivity contribution in [1.29, 1.82) is 0 Å². The molecular weight excluding hydrogens is 297 g/mol.